The van der Waals surface area contributed by atoms with Crippen LogP contribution in [0.4, 0.5) is 5.69 Å². The summed E-state index contributed by atoms with van der Waals surface area (Å²) in [5.74, 6) is 0.0445. The highest BCUT2D eigenvalue weighted by Crippen LogP contribution is 2.29. The summed E-state index contributed by atoms with van der Waals surface area (Å²) >= 11 is 3.00. The monoisotopic (exact) mass is 306 g/mol. The van der Waals surface area contributed by atoms with Crippen molar-refractivity contribution in [3.63, 3.8) is 0 Å². The normalized spacial score (nSPS) is 14.1. The van der Waals surface area contributed by atoms with E-state index in [1.807, 2.05) is 0 Å². The van der Waals surface area contributed by atoms with Crippen LogP contribution < -0.4 is 4.74 Å². The lowest BCUT2D eigenvalue weighted by Crippen LogP contribution is -2.20. The van der Waals surface area contributed by atoms with Gasteiger partial charge in [0.2, 0.25) is 5.88 Å². The number of pyridine rings is 1. The molecule has 0 spiro atoms. The Morgan fingerprint density at radius 1 is 1.65 bits per heavy atom. The van der Waals surface area contributed by atoms with E-state index in [1.165, 1.54) is 7.11 Å². The summed E-state index contributed by atoms with van der Waals surface area (Å²) in [6.45, 7) is 0. The predicted molar refractivity (Wildman–Crippen MR) is 62.2 cm³/mol. The molecule has 0 radical (unpaired) electrons. The first-order valence-electron chi connectivity index (χ1n) is 4.61. The second-order valence-corrected chi connectivity index (χ2v) is 3.86. The van der Waals surface area contributed by atoms with Crippen LogP contribution in [-0.4, -0.2) is 38.7 Å². The second kappa shape index (κ2) is 5.89. The van der Waals surface area contributed by atoms with Crippen molar-refractivity contribution in [1.82, 2.24) is 4.98 Å². The number of alkyl halides is 1. The Hall–Kier alpha value is -1.25. The van der Waals surface area contributed by atoms with Crippen molar-refractivity contribution < 1.29 is 19.9 Å². The molecule has 0 aliphatic rings. The molecule has 0 bridgehead atoms. The molecule has 2 unspecified atom stereocenters. The summed E-state index contributed by atoms with van der Waals surface area (Å²) < 4.78 is 4.88. The van der Waals surface area contributed by atoms with E-state index >= 15 is 0 Å². The number of ether oxygens (including phenoxy) is 1. The SMILES string of the molecule is COc1ncc([N+](=O)[O-])cc1C(O)C(O)CBr. The first-order valence-corrected chi connectivity index (χ1v) is 5.73. The Morgan fingerprint density at radius 3 is 2.76 bits per heavy atom. The molecule has 17 heavy (non-hydrogen) atoms. The molecule has 2 atom stereocenters. The fraction of sp³-hybridized carbons (Fsp3) is 0.444. The van der Waals surface area contributed by atoms with E-state index in [9.17, 15) is 20.3 Å². The Morgan fingerprint density at radius 2 is 2.29 bits per heavy atom. The Labute approximate surface area is 105 Å². The first-order chi connectivity index (χ1) is 8.01. The highest BCUT2D eigenvalue weighted by atomic mass is 79.9. The van der Waals surface area contributed by atoms with Gasteiger partial charge >= 0.3 is 0 Å². The molecule has 8 heteroatoms. The van der Waals surface area contributed by atoms with Crippen LogP contribution in [0.15, 0.2) is 12.3 Å². The molecular weight excluding hydrogens is 296 g/mol. The summed E-state index contributed by atoms with van der Waals surface area (Å²) in [7, 11) is 1.32. The lowest BCUT2D eigenvalue weighted by atomic mass is 10.1. The molecule has 94 valence electrons. The molecular formula is C9H11BrN2O5. The second-order valence-electron chi connectivity index (χ2n) is 3.22. The van der Waals surface area contributed by atoms with Crippen molar-refractivity contribution in [3.8, 4) is 5.88 Å². The molecule has 1 heterocycles. The fourth-order valence-corrected chi connectivity index (χ4v) is 1.59. The van der Waals surface area contributed by atoms with Gasteiger partial charge in [0.1, 0.15) is 12.3 Å². The number of nitro groups is 1. The minimum absolute atomic E-state index is 0.0445. The smallest absolute Gasteiger partial charge is 0.288 e. The lowest BCUT2D eigenvalue weighted by Gasteiger charge is -2.17. The summed E-state index contributed by atoms with van der Waals surface area (Å²) in [4.78, 5) is 13.7. The number of nitrogens with zero attached hydrogens (tertiary/aromatic N) is 2. The molecule has 0 fully saturated rings. The zero-order valence-electron chi connectivity index (χ0n) is 8.91. The number of rotatable bonds is 5. The molecule has 0 saturated carbocycles. The number of halogens is 1. The zero-order valence-corrected chi connectivity index (χ0v) is 10.5. The van der Waals surface area contributed by atoms with Crippen LogP contribution in [0.1, 0.15) is 11.7 Å². The Kier molecular flexibility index (Phi) is 4.79. The van der Waals surface area contributed by atoms with E-state index in [1.54, 1.807) is 0 Å². The molecule has 1 aromatic rings. The highest BCUT2D eigenvalue weighted by molar-refractivity contribution is 9.09. The van der Waals surface area contributed by atoms with Gasteiger partial charge in [-0.2, -0.15) is 0 Å². The van der Waals surface area contributed by atoms with Gasteiger partial charge in [-0.1, -0.05) is 15.9 Å². The minimum atomic E-state index is -1.31. The predicted octanol–water partition coefficient (Wildman–Crippen LogP) is 0.788. The van der Waals surface area contributed by atoms with Gasteiger partial charge in [-0.05, 0) is 0 Å². The maximum Gasteiger partial charge on any atom is 0.288 e. The topological polar surface area (TPSA) is 106 Å². The summed E-state index contributed by atoms with van der Waals surface area (Å²) in [5, 5.41) is 30.0. The van der Waals surface area contributed by atoms with Crippen LogP contribution in [0.2, 0.25) is 0 Å². The van der Waals surface area contributed by atoms with Crippen molar-refractivity contribution in [1.29, 1.82) is 0 Å². The van der Waals surface area contributed by atoms with Gasteiger partial charge in [-0.25, -0.2) is 4.98 Å². The van der Waals surface area contributed by atoms with Crippen molar-refractivity contribution in [2.45, 2.75) is 12.2 Å². The average molecular weight is 307 g/mol. The molecule has 0 amide bonds. The average Bonchev–Trinajstić information content (AvgIpc) is 2.35. The van der Waals surface area contributed by atoms with Crippen LogP contribution in [0.5, 0.6) is 5.88 Å². The van der Waals surface area contributed by atoms with Crippen LogP contribution >= 0.6 is 15.9 Å². The van der Waals surface area contributed by atoms with Crippen molar-refractivity contribution in [2.24, 2.45) is 0 Å². The van der Waals surface area contributed by atoms with E-state index in [0.717, 1.165) is 12.3 Å². The largest absolute Gasteiger partial charge is 0.481 e. The maximum atomic E-state index is 10.6. The standard InChI is InChI=1S/C9H11BrN2O5/c1-17-9-6(8(14)7(13)3-10)2-5(4-11-9)12(15)16/h2,4,7-8,13-14H,3H2,1H3. The molecule has 0 aromatic carbocycles. The van der Waals surface area contributed by atoms with Gasteiger partial charge in [0.05, 0.1) is 23.7 Å². The van der Waals surface area contributed by atoms with E-state index < -0.39 is 17.1 Å². The van der Waals surface area contributed by atoms with Gasteiger partial charge in [0, 0.05) is 11.4 Å². The van der Waals surface area contributed by atoms with E-state index in [-0.39, 0.29) is 22.5 Å². The van der Waals surface area contributed by atoms with E-state index in [0.29, 0.717) is 0 Å². The third-order valence-corrected chi connectivity index (χ3v) is 2.77. The number of hydrogen-bond acceptors (Lipinski definition) is 6. The number of aliphatic hydroxyl groups is 2. The third kappa shape index (κ3) is 3.11. The van der Waals surface area contributed by atoms with Crippen molar-refractivity contribution in [3.05, 3.63) is 27.9 Å². The van der Waals surface area contributed by atoms with Gasteiger partial charge in [0.15, 0.2) is 0 Å². The highest BCUT2D eigenvalue weighted by Gasteiger charge is 2.24. The van der Waals surface area contributed by atoms with Crippen LogP contribution in [0, 0.1) is 10.1 Å². The van der Waals surface area contributed by atoms with Crippen molar-refractivity contribution in [2.75, 3.05) is 12.4 Å². The number of aliphatic hydroxyl groups excluding tert-OH is 2. The van der Waals surface area contributed by atoms with Crippen molar-refractivity contribution >= 4 is 21.6 Å². The van der Waals surface area contributed by atoms with Crippen LogP contribution in [0.25, 0.3) is 0 Å². The Bertz CT molecular complexity index is 414. The molecule has 0 aliphatic heterocycles. The van der Waals surface area contributed by atoms with E-state index in [2.05, 4.69) is 20.9 Å². The summed E-state index contributed by atoms with van der Waals surface area (Å²) in [6.07, 6.45) is -1.39. The lowest BCUT2D eigenvalue weighted by molar-refractivity contribution is -0.385. The van der Waals surface area contributed by atoms with Crippen LogP contribution in [0.3, 0.4) is 0 Å². The first kappa shape index (κ1) is 13.8. The van der Waals surface area contributed by atoms with Gasteiger partial charge in [-0.3, -0.25) is 10.1 Å². The van der Waals surface area contributed by atoms with Gasteiger partial charge in [0.25, 0.3) is 5.69 Å². The number of aromatic nitrogens is 1. The molecule has 1 rings (SSSR count). The zero-order chi connectivity index (χ0) is 13.0. The van der Waals surface area contributed by atoms with Gasteiger partial charge in [-0.15, -0.1) is 0 Å². The maximum absolute atomic E-state index is 10.6. The molecule has 7 nitrogen and oxygen atoms in total. The third-order valence-electron chi connectivity index (χ3n) is 2.11. The van der Waals surface area contributed by atoms with E-state index in [4.69, 9.17) is 4.74 Å². The molecule has 0 aliphatic carbocycles. The fourth-order valence-electron chi connectivity index (χ4n) is 1.23. The summed E-state index contributed by atoms with van der Waals surface area (Å²) in [6, 6.07) is 1.13. The molecule has 2 N–H and O–H groups in total. The summed E-state index contributed by atoms with van der Waals surface area (Å²) in [5.41, 5.74) is -0.199. The van der Waals surface area contributed by atoms with Crippen LogP contribution in [-0.2, 0) is 0 Å². The number of hydrogen-bond donors (Lipinski definition) is 2. The van der Waals surface area contributed by atoms with Gasteiger partial charge < -0.3 is 14.9 Å². The Balaban J connectivity index is 3.18. The molecule has 0 saturated heterocycles. The number of methoxy groups -OCH3 is 1. The quantitative estimate of drug-likeness (QED) is 0.473. The minimum Gasteiger partial charge on any atom is -0.481 e. The molecule has 1 aromatic heterocycles.